The van der Waals surface area contributed by atoms with Gasteiger partial charge < -0.3 is 0 Å². The minimum Gasteiger partial charge on any atom is -0.297 e. The Labute approximate surface area is 181 Å². The number of benzene rings is 3. The molecule has 1 heterocycles. The van der Waals surface area contributed by atoms with Crippen molar-refractivity contribution in [3.63, 3.8) is 0 Å². The fourth-order valence-corrected chi connectivity index (χ4v) is 3.85. The van der Waals surface area contributed by atoms with Crippen LogP contribution >= 0.6 is 11.6 Å². The predicted octanol–water partition coefficient (Wildman–Crippen LogP) is 3.76. The van der Waals surface area contributed by atoms with Gasteiger partial charge in [0.15, 0.2) is 0 Å². The molecule has 5 nitrogen and oxygen atoms in total. The summed E-state index contributed by atoms with van der Waals surface area (Å²) in [6.07, 6.45) is 1.71. The zero-order valence-electron chi connectivity index (χ0n) is 16.8. The van der Waals surface area contributed by atoms with Gasteiger partial charge in [0.25, 0.3) is 5.91 Å². The van der Waals surface area contributed by atoms with Crippen LogP contribution in [0.3, 0.4) is 0 Å². The van der Waals surface area contributed by atoms with Crippen molar-refractivity contribution >= 4 is 34.5 Å². The lowest BCUT2D eigenvalue weighted by Gasteiger charge is -2.34. The minimum atomic E-state index is -0.0855. The molecule has 0 saturated carbocycles. The van der Waals surface area contributed by atoms with E-state index in [1.54, 1.807) is 6.21 Å². The maximum Gasteiger partial charge on any atom is 0.254 e. The van der Waals surface area contributed by atoms with Crippen LogP contribution in [0, 0.1) is 0 Å². The van der Waals surface area contributed by atoms with E-state index >= 15 is 0 Å². The lowest BCUT2D eigenvalue weighted by atomic mass is 10.1. The number of hydrogen-bond acceptors (Lipinski definition) is 4. The number of rotatable bonds is 6. The van der Waals surface area contributed by atoms with Gasteiger partial charge in [-0.15, -0.1) is 0 Å². The van der Waals surface area contributed by atoms with Crippen molar-refractivity contribution in [2.24, 2.45) is 5.10 Å². The fourth-order valence-electron chi connectivity index (χ4n) is 3.73. The Morgan fingerprint density at radius 3 is 2.43 bits per heavy atom. The second-order valence-electron chi connectivity index (χ2n) is 7.54. The van der Waals surface area contributed by atoms with Gasteiger partial charge in [-0.05, 0) is 28.5 Å². The largest absolute Gasteiger partial charge is 0.297 e. The van der Waals surface area contributed by atoms with Crippen LogP contribution < -0.4 is 5.43 Å². The summed E-state index contributed by atoms with van der Waals surface area (Å²) in [5, 5.41) is 7.20. The number of carbonyl (C=O) groups excluding carboxylic acids is 1. The number of nitrogens with one attached hydrogen (secondary N) is 1. The number of piperazine rings is 1. The van der Waals surface area contributed by atoms with E-state index in [0.717, 1.165) is 54.1 Å². The smallest absolute Gasteiger partial charge is 0.254 e. The van der Waals surface area contributed by atoms with Crippen LogP contribution in [-0.4, -0.2) is 54.6 Å². The molecule has 1 aliphatic rings. The van der Waals surface area contributed by atoms with E-state index in [9.17, 15) is 4.79 Å². The van der Waals surface area contributed by atoms with Crippen LogP contribution in [0.15, 0.2) is 71.8 Å². The van der Waals surface area contributed by atoms with Crippen molar-refractivity contribution in [2.75, 3.05) is 32.7 Å². The van der Waals surface area contributed by atoms with Crippen LogP contribution in [0.4, 0.5) is 0 Å². The third-order valence-electron chi connectivity index (χ3n) is 5.37. The van der Waals surface area contributed by atoms with Gasteiger partial charge in [-0.3, -0.25) is 14.6 Å². The Bertz CT molecular complexity index is 1020. The molecule has 1 fully saturated rings. The highest BCUT2D eigenvalue weighted by Crippen LogP contribution is 2.16. The van der Waals surface area contributed by atoms with Crippen molar-refractivity contribution in [3.8, 4) is 0 Å². The standard InChI is InChI=1S/C24H25ClN4O/c25-22-10-8-19(9-11-22)17-28-12-14-29(15-13-28)18-24(30)27-26-16-21-6-3-5-20-4-1-2-7-23(20)21/h1-11,16H,12-15,17-18H2,(H,27,30). The molecular weight excluding hydrogens is 396 g/mol. The summed E-state index contributed by atoms with van der Waals surface area (Å²) in [4.78, 5) is 16.8. The molecule has 6 heteroatoms. The van der Waals surface area contributed by atoms with Crippen molar-refractivity contribution in [3.05, 3.63) is 82.9 Å². The predicted molar refractivity (Wildman–Crippen MR) is 123 cm³/mol. The van der Waals surface area contributed by atoms with Crippen molar-refractivity contribution in [1.29, 1.82) is 0 Å². The van der Waals surface area contributed by atoms with E-state index in [1.165, 1.54) is 5.56 Å². The Balaban J connectivity index is 1.23. The average molecular weight is 421 g/mol. The molecule has 0 spiro atoms. The molecule has 3 aromatic carbocycles. The molecule has 4 rings (SSSR count). The Hall–Kier alpha value is -2.73. The van der Waals surface area contributed by atoms with E-state index in [-0.39, 0.29) is 5.91 Å². The Morgan fingerprint density at radius 2 is 1.63 bits per heavy atom. The SMILES string of the molecule is O=C(CN1CCN(Cc2ccc(Cl)cc2)CC1)NN=Cc1cccc2ccccc12. The first-order valence-corrected chi connectivity index (χ1v) is 10.5. The van der Waals surface area contributed by atoms with Crippen LogP contribution in [0.2, 0.25) is 5.02 Å². The minimum absolute atomic E-state index is 0.0855. The molecule has 3 aromatic rings. The zero-order valence-corrected chi connectivity index (χ0v) is 17.6. The molecule has 0 unspecified atom stereocenters. The van der Waals surface area contributed by atoms with Gasteiger partial charge in [0.1, 0.15) is 0 Å². The maximum absolute atomic E-state index is 12.3. The molecule has 0 atom stereocenters. The van der Waals surface area contributed by atoms with E-state index in [1.807, 2.05) is 36.4 Å². The highest BCUT2D eigenvalue weighted by Gasteiger charge is 2.18. The quantitative estimate of drug-likeness (QED) is 0.488. The Morgan fingerprint density at radius 1 is 0.933 bits per heavy atom. The zero-order chi connectivity index (χ0) is 20.8. The van der Waals surface area contributed by atoms with E-state index < -0.39 is 0 Å². The fraction of sp³-hybridized carbons (Fsp3) is 0.250. The maximum atomic E-state index is 12.3. The van der Waals surface area contributed by atoms with E-state index in [0.29, 0.717) is 6.54 Å². The third kappa shape index (κ3) is 5.45. The van der Waals surface area contributed by atoms with Gasteiger partial charge in [-0.1, -0.05) is 66.2 Å². The van der Waals surface area contributed by atoms with Crippen molar-refractivity contribution in [2.45, 2.75) is 6.54 Å². The molecule has 0 aliphatic carbocycles. The number of hydrogen-bond donors (Lipinski definition) is 1. The van der Waals surface area contributed by atoms with Crippen LogP contribution in [0.1, 0.15) is 11.1 Å². The number of carbonyl (C=O) groups is 1. The molecule has 0 aromatic heterocycles. The monoisotopic (exact) mass is 420 g/mol. The molecule has 1 amide bonds. The molecule has 0 bridgehead atoms. The highest BCUT2D eigenvalue weighted by atomic mass is 35.5. The number of amides is 1. The van der Waals surface area contributed by atoms with E-state index in [2.05, 4.69) is 50.7 Å². The van der Waals surface area contributed by atoms with Gasteiger partial charge in [0.05, 0.1) is 12.8 Å². The third-order valence-corrected chi connectivity index (χ3v) is 5.62. The van der Waals surface area contributed by atoms with Crippen molar-refractivity contribution in [1.82, 2.24) is 15.2 Å². The first-order valence-electron chi connectivity index (χ1n) is 10.2. The summed E-state index contributed by atoms with van der Waals surface area (Å²) in [5.41, 5.74) is 4.91. The molecule has 30 heavy (non-hydrogen) atoms. The van der Waals surface area contributed by atoms with Gasteiger partial charge in [0.2, 0.25) is 0 Å². The lowest BCUT2D eigenvalue weighted by molar-refractivity contribution is -0.122. The number of nitrogens with zero attached hydrogens (tertiary/aromatic N) is 3. The molecule has 1 saturated heterocycles. The number of halogens is 1. The molecule has 1 N–H and O–H groups in total. The highest BCUT2D eigenvalue weighted by molar-refractivity contribution is 6.30. The second-order valence-corrected chi connectivity index (χ2v) is 7.98. The summed E-state index contributed by atoms with van der Waals surface area (Å²) in [6.45, 7) is 4.89. The van der Waals surface area contributed by atoms with E-state index in [4.69, 9.17) is 11.6 Å². The number of hydrazone groups is 1. The Kier molecular flexibility index (Phi) is 6.74. The van der Waals surface area contributed by atoms with Crippen LogP contribution in [0.5, 0.6) is 0 Å². The van der Waals surface area contributed by atoms with Crippen molar-refractivity contribution < 1.29 is 4.79 Å². The summed E-state index contributed by atoms with van der Waals surface area (Å²) >= 11 is 5.95. The topological polar surface area (TPSA) is 47.9 Å². The first kappa shape index (κ1) is 20.5. The molecule has 154 valence electrons. The molecular formula is C24H25ClN4O. The van der Waals surface area contributed by atoms with Gasteiger partial charge in [0, 0.05) is 43.3 Å². The lowest BCUT2D eigenvalue weighted by Crippen LogP contribution is -2.48. The summed E-state index contributed by atoms with van der Waals surface area (Å²) in [7, 11) is 0. The van der Waals surface area contributed by atoms with Gasteiger partial charge >= 0.3 is 0 Å². The van der Waals surface area contributed by atoms with Crippen LogP contribution in [-0.2, 0) is 11.3 Å². The van der Waals surface area contributed by atoms with Gasteiger partial charge in [-0.25, -0.2) is 5.43 Å². The first-order chi connectivity index (χ1) is 14.7. The van der Waals surface area contributed by atoms with Gasteiger partial charge in [-0.2, -0.15) is 5.10 Å². The molecule has 1 aliphatic heterocycles. The summed E-state index contributed by atoms with van der Waals surface area (Å²) in [5.74, 6) is -0.0855. The number of fused-ring (bicyclic) bond motifs is 1. The second kappa shape index (κ2) is 9.85. The summed E-state index contributed by atoms with van der Waals surface area (Å²) in [6, 6.07) is 22.2. The normalized spacial score (nSPS) is 15.6. The average Bonchev–Trinajstić information content (AvgIpc) is 2.77. The van der Waals surface area contributed by atoms with Crippen LogP contribution in [0.25, 0.3) is 10.8 Å². The molecule has 0 radical (unpaired) electrons. The summed E-state index contributed by atoms with van der Waals surface area (Å²) < 4.78 is 0.